The molecule has 0 aliphatic heterocycles. The fourth-order valence-corrected chi connectivity index (χ4v) is 1.65. The van der Waals surface area contributed by atoms with Crippen molar-refractivity contribution in [3.8, 4) is 0 Å². The maximum Gasteiger partial charge on any atom is 0.0636 e. The lowest BCUT2D eigenvalue weighted by Gasteiger charge is -2.33. The predicted molar refractivity (Wildman–Crippen MR) is 46.0 cm³/mol. The normalized spacial score (nSPS) is 12.6. The summed E-state index contributed by atoms with van der Waals surface area (Å²) in [6.45, 7) is 4.48. The van der Waals surface area contributed by atoms with Crippen molar-refractivity contribution in [2.75, 3.05) is 28.2 Å². The summed E-state index contributed by atoms with van der Waals surface area (Å²) in [4.78, 5) is 4.48. The van der Waals surface area contributed by atoms with Crippen molar-refractivity contribution in [1.82, 2.24) is 9.80 Å². The van der Waals surface area contributed by atoms with Gasteiger partial charge in [-0.15, -0.1) is 0 Å². The van der Waals surface area contributed by atoms with Gasteiger partial charge in [-0.3, -0.25) is 9.80 Å². The molecule has 0 amide bonds. The Labute approximate surface area is 64.8 Å². The van der Waals surface area contributed by atoms with Crippen LogP contribution in [0.15, 0.2) is 0 Å². The Hall–Kier alpha value is -0.0800. The van der Waals surface area contributed by atoms with Gasteiger partial charge < -0.3 is 0 Å². The Bertz CT molecular complexity index is 68.2. The highest BCUT2D eigenvalue weighted by Gasteiger charge is 2.16. The second-order valence-corrected chi connectivity index (χ2v) is 3.58. The van der Waals surface area contributed by atoms with Crippen LogP contribution in [-0.4, -0.2) is 44.2 Å². The highest BCUT2D eigenvalue weighted by molar-refractivity contribution is 4.65. The van der Waals surface area contributed by atoms with Gasteiger partial charge in [0.15, 0.2) is 0 Å². The molecule has 0 heterocycles. The van der Waals surface area contributed by atoms with Crippen LogP contribution in [0, 0.1) is 5.92 Å². The van der Waals surface area contributed by atoms with E-state index in [1.54, 1.807) is 0 Å². The fourth-order valence-electron chi connectivity index (χ4n) is 1.65. The first-order chi connectivity index (χ1) is 4.46. The van der Waals surface area contributed by atoms with Crippen molar-refractivity contribution in [2.24, 2.45) is 5.92 Å². The first-order valence-corrected chi connectivity index (χ1v) is 3.79. The molecule has 0 aliphatic rings. The number of hydrogen-bond acceptors (Lipinski definition) is 2. The van der Waals surface area contributed by atoms with Crippen LogP contribution in [0.2, 0.25) is 0 Å². The van der Waals surface area contributed by atoms with Crippen molar-refractivity contribution < 1.29 is 0 Å². The summed E-state index contributed by atoms with van der Waals surface area (Å²) in [6.07, 6.45) is 0.556. The van der Waals surface area contributed by atoms with Crippen LogP contribution >= 0.6 is 0 Å². The SMILES string of the molecule is CC(C)C(N(C)C)N(C)C. The van der Waals surface area contributed by atoms with Crippen molar-refractivity contribution in [2.45, 2.75) is 20.0 Å². The predicted octanol–water partition coefficient (Wildman–Crippen LogP) is 1.09. The molecule has 0 aromatic rings. The highest BCUT2D eigenvalue weighted by atomic mass is 15.3. The Morgan fingerprint density at radius 1 is 0.800 bits per heavy atom. The first-order valence-electron chi connectivity index (χ1n) is 3.79. The largest absolute Gasteiger partial charge is 0.294 e. The summed E-state index contributed by atoms with van der Waals surface area (Å²) >= 11 is 0. The highest BCUT2D eigenvalue weighted by Crippen LogP contribution is 2.08. The summed E-state index contributed by atoms with van der Waals surface area (Å²) in [5.74, 6) is 0.685. The van der Waals surface area contributed by atoms with E-state index in [0.29, 0.717) is 12.1 Å². The summed E-state index contributed by atoms with van der Waals surface area (Å²) < 4.78 is 0. The molecule has 0 N–H and O–H groups in total. The van der Waals surface area contributed by atoms with Crippen LogP contribution < -0.4 is 0 Å². The van der Waals surface area contributed by atoms with E-state index in [2.05, 4.69) is 51.8 Å². The summed E-state index contributed by atoms with van der Waals surface area (Å²) in [6, 6.07) is 0. The topological polar surface area (TPSA) is 6.48 Å². The monoisotopic (exact) mass is 144 g/mol. The van der Waals surface area contributed by atoms with E-state index in [1.807, 2.05) is 0 Å². The standard InChI is InChI=1S/C8H20N2/c1-7(2)8(9(3)4)10(5)6/h7-8H,1-6H3. The van der Waals surface area contributed by atoms with Gasteiger partial charge in [0.1, 0.15) is 0 Å². The van der Waals surface area contributed by atoms with E-state index >= 15 is 0 Å². The maximum atomic E-state index is 2.24. The molecule has 0 aromatic heterocycles. The van der Waals surface area contributed by atoms with Crippen LogP contribution in [0.1, 0.15) is 13.8 Å². The second kappa shape index (κ2) is 3.94. The third kappa shape index (κ3) is 2.67. The van der Waals surface area contributed by atoms with Gasteiger partial charge in [0, 0.05) is 0 Å². The van der Waals surface area contributed by atoms with E-state index in [0.717, 1.165) is 0 Å². The molecule has 0 saturated heterocycles. The first kappa shape index (κ1) is 9.92. The summed E-state index contributed by atoms with van der Waals surface area (Å²) in [5, 5.41) is 0. The number of nitrogens with zero attached hydrogens (tertiary/aromatic N) is 2. The molecule has 0 spiro atoms. The quantitative estimate of drug-likeness (QED) is 0.547. The van der Waals surface area contributed by atoms with Crippen molar-refractivity contribution in [3.05, 3.63) is 0 Å². The van der Waals surface area contributed by atoms with Gasteiger partial charge in [0.05, 0.1) is 6.17 Å². The molecular formula is C8H20N2. The Morgan fingerprint density at radius 3 is 1.10 bits per heavy atom. The lowest BCUT2D eigenvalue weighted by atomic mass is 10.1. The molecule has 0 aromatic carbocycles. The molecule has 0 radical (unpaired) electrons. The minimum Gasteiger partial charge on any atom is -0.294 e. The minimum absolute atomic E-state index is 0.556. The van der Waals surface area contributed by atoms with Crippen LogP contribution in [0.25, 0.3) is 0 Å². The third-order valence-electron chi connectivity index (χ3n) is 1.65. The fraction of sp³-hybridized carbons (Fsp3) is 1.00. The molecular weight excluding hydrogens is 124 g/mol. The Morgan fingerprint density at radius 2 is 1.10 bits per heavy atom. The molecule has 62 valence electrons. The number of rotatable bonds is 3. The summed E-state index contributed by atoms with van der Waals surface area (Å²) in [5.41, 5.74) is 0. The average Bonchev–Trinajstić information content (AvgIpc) is 1.59. The van der Waals surface area contributed by atoms with E-state index < -0.39 is 0 Å². The zero-order valence-electron chi connectivity index (χ0n) is 8.05. The third-order valence-corrected chi connectivity index (χ3v) is 1.65. The molecule has 0 unspecified atom stereocenters. The maximum absolute atomic E-state index is 2.24. The zero-order chi connectivity index (χ0) is 8.31. The molecule has 0 aliphatic carbocycles. The molecule has 0 bridgehead atoms. The molecule has 0 rings (SSSR count). The van der Waals surface area contributed by atoms with Crippen molar-refractivity contribution in [1.29, 1.82) is 0 Å². The van der Waals surface area contributed by atoms with Gasteiger partial charge in [-0.05, 0) is 34.1 Å². The van der Waals surface area contributed by atoms with E-state index in [4.69, 9.17) is 0 Å². The molecule has 0 saturated carbocycles. The van der Waals surface area contributed by atoms with E-state index in [-0.39, 0.29) is 0 Å². The van der Waals surface area contributed by atoms with Crippen molar-refractivity contribution in [3.63, 3.8) is 0 Å². The summed E-state index contributed by atoms with van der Waals surface area (Å²) in [7, 11) is 8.46. The van der Waals surface area contributed by atoms with Crippen LogP contribution in [-0.2, 0) is 0 Å². The van der Waals surface area contributed by atoms with Gasteiger partial charge in [0.25, 0.3) is 0 Å². The Kier molecular flexibility index (Phi) is 3.91. The lowest BCUT2D eigenvalue weighted by Crippen LogP contribution is -2.44. The molecule has 0 atom stereocenters. The zero-order valence-corrected chi connectivity index (χ0v) is 8.05. The smallest absolute Gasteiger partial charge is 0.0636 e. The molecule has 2 heteroatoms. The van der Waals surface area contributed by atoms with Crippen LogP contribution in [0.5, 0.6) is 0 Å². The number of hydrogen-bond donors (Lipinski definition) is 0. The minimum atomic E-state index is 0.556. The van der Waals surface area contributed by atoms with E-state index in [9.17, 15) is 0 Å². The van der Waals surface area contributed by atoms with Gasteiger partial charge in [-0.1, -0.05) is 13.8 Å². The Balaban J connectivity index is 3.98. The molecule has 10 heavy (non-hydrogen) atoms. The van der Waals surface area contributed by atoms with Gasteiger partial charge in [0.2, 0.25) is 0 Å². The van der Waals surface area contributed by atoms with Crippen molar-refractivity contribution >= 4 is 0 Å². The van der Waals surface area contributed by atoms with Gasteiger partial charge in [-0.2, -0.15) is 0 Å². The van der Waals surface area contributed by atoms with Crippen LogP contribution in [0.4, 0.5) is 0 Å². The average molecular weight is 144 g/mol. The molecule has 0 fully saturated rings. The second-order valence-electron chi connectivity index (χ2n) is 3.58. The van der Waals surface area contributed by atoms with E-state index in [1.165, 1.54) is 0 Å². The van der Waals surface area contributed by atoms with Gasteiger partial charge in [-0.25, -0.2) is 0 Å². The lowest BCUT2D eigenvalue weighted by molar-refractivity contribution is 0.0855. The van der Waals surface area contributed by atoms with Crippen LogP contribution in [0.3, 0.4) is 0 Å². The molecule has 2 nitrogen and oxygen atoms in total. The van der Waals surface area contributed by atoms with Gasteiger partial charge >= 0.3 is 0 Å².